The number of hydrogen-bond acceptors (Lipinski definition) is 4. The predicted molar refractivity (Wildman–Crippen MR) is 98.0 cm³/mol. The van der Waals surface area contributed by atoms with Gasteiger partial charge in [-0.15, -0.1) is 0 Å². The van der Waals surface area contributed by atoms with Crippen molar-refractivity contribution in [3.63, 3.8) is 0 Å². The van der Waals surface area contributed by atoms with Crippen LogP contribution in [0.2, 0.25) is 0 Å². The maximum absolute atomic E-state index is 12.6. The molecule has 0 radical (unpaired) electrons. The van der Waals surface area contributed by atoms with Gasteiger partial charge in [0.05, 0.1) is 22.8 Å². The number of fused-ring (bicyclic) bond motifs is 1. The number of carbonyl (C=O) groups is 1. The van der Waals surface area contributed by atoms with Crippen LogP contribution in [-0.2, 0) is 9.47 Å². The van der Waals surface area contributed by atoms with Gasteiger partial charge in [-0.05, 0) is 63.6 Å². The van der Waals surface area contributed by atoms with Crippen molar-refractivity contribution in [3.8, 4) is 0 Å². The van der Waals surface area contributed by atoms with Crippen molar-refractivity contribution < 1.29 is 14.3 Å². The molecule has 25 heavy (non-hydrogen) atoms. The third kappa shape index (κ3) is 3.87. The molecule has 5 nitrogen and oxygen atoms in total. The Hall–Kier alpha value is -1.88. The average Bonchev–Trinajstić information content (AvgIpc) is 2.93. The number of ether oxygens (including phenoxy) is 2. The van der Waals surface area contributed by atoms with Gasteiger partial charge in [-0.3, -0.25) is 4.57 Å². The minimum absolute atomic E-state index is 0.0584. The van der Waals surface area contributed by atoms with Gasteiger partial charge in [0.2, 0.25) is 0 Å². The van der Waals surface area contributed by atoms with Crippen LogP contribution >= 0.6 is 0 Å². The van der Waals surface area contributed by atoms with Crippen molar-refractivity contribution in [1.82, 2.24) is 9.55 Å². The van der Waals surface area contributed by atoms with E-state index in [0.717, 1.165) is 41.7 Å². The summed E-state index contributed by atoms with van der Waals surface area (Å²) in [5.41, 5.74) is 3.13. The van der Waals surface area contributed by atoms with Crippen molar-refractivity contribution in [1.29, 1.82) is 0 Å². The lowest BCUT2D eigenvalue weighted by Crippen LogP contribution is -2.26. The zero-order valence-corrected chi connectivity index (χ0v) is 15.8. The molecule has 136 valence electrons. The van der Waals surface area contributed by atoms with Crippen LogP contribution in [0.1, 0.15) is 77.2 Å². The molecule has 2 aromatic rings. The number of aromatic nitrogens is 2. The van der Waals surface area contributed by atoms with Gasteiger partial charge >= 0.3 is 6.09 Å². The van der Waals surface area contributed by atoms with E-state index in [-0.39, 0.29) is 18.1 Å². The molecule has 1 atom stereocenters. The summed E-state index contributed by atoms with van der Waals surface area (Å²) in [5.74, 6) is 0.265. The Morgan fingerprint density at radius 2 is 2.08 bits per heavy atom. The maximum atomic E-state index is 12.6. The first-order chi connectivity index (χ1) is 11.8. The highest BCUT2D eigenvalue weighted by Gasteiger charge is 2.24. The first-order valence-corrected chi connectivity index (χ1v) is 9.13. The van der Waals surface area contributed by atoms with Crippen molar-refractivity contribution in [2.75, 3.05) is 6.61 Å². The first kappa shape index (κ1) is 17.9. The molecule has 0 saturated carbocycles. The Labute approximate surface area is 149 Å². The Morgan fingerprint density at radius 3 is 2.68 bits per heavy atom. The van der Waals surface area contributed by atoms with E-state index in [0.29, 0.717) is 0 Å². The van der Waals surface area contributed by atoms with Crippen molar-refractivity contribution in [2.24, 2.45) is 0 Å². The van der Waals surface area contributed by atoms with E-state index in [4.69, 9.17) is 14.5 Å². The van der Waals surface area contributed by atoms with Crippen molar-refractivity contribution in [3.05, 3.63) is 29.6 Å². The monoisotopic (exact) mass is 344 g/mol. The normalized spacial score (nSPS) is 18.7. The van der Waals surface area contributed by atoms with Gasteiger partial charge in [-0.25, -0.2) is 9.78 Å². The lowest BCUT2D eigenvalue weighted by atomic mass is 10.0. The molecule has 0 aromatic carbocycles. The summed E-state index contributed by atoms with van der Waals surface area (Å²) in [5, 5.41) is 0. The number of rotatable bonds is 2. The lowest BCUT2D eigenvalue weighted by Gasteiger charge is -2.22. The van der Waals surface area contributed by atoms with Crippen LogP contribution in [-0.4, -0.2) is 27.9 Å². The number of hydrogen-bond donors (Lipinski definition) is 0. The summed E-state index contributed by atoms with van der Waals surface area (Å²) in [6.07, 6.45) is 4.84. The van der Waals surface area contributed by atoms with E-state index in [9.17, 15) is 4.79 Å². The lowest BCUT2D eigenvalue weighted by molar-refractivity contribution is 0.0125. The summed E-state index contributed by atoms with van der Waals surface area (Å²) in [7, 11) is 0. The summed E-state index contributed by atoms with van der Waals surface area (Å²) in [6.45, 7) is 10.6. The third-order valence-electron chi connectivity index (χ3n) is 4.42. The molecular weight excluding hydrogens is 316 g/mol. The van der Waals surface area contributed by atoms with Crippen LogP contribution in [0.15, 0.2) is 18.3 Å². The smallest absolute Gasteiger partial charge is 0.419 e. The summed E-state index contributed by atoms with van der Waals surface area (Å²) < 4.78 is 13.0. The number of carbonyl (C=O) groups excluding carboxylic acids is 1. The van der Waals surface area contributed by atoms with Gasteiger partial charge in [0.25, 0.3) is 0 Å². The summed E-state index contributed by atoms with van der Waals surface area (Å²) in [6, 6.07) is 3.94. The minimum Gasteiger partial charge on any atom is -0.443 e. The number of nitrogens with zero attached hydrogens (tertiary/aromatic N) is 2. The molecule has 0 bridgehead atoms. The van der Waals surface area contributed by atoms with Crippen LogP contribution in [0.3, 0.4) is 0 Å². The van der Waals surface area contributed by atoms with E-state index < -0.39 is 5.60 Å². The van der Waals surface area contributed by atoms with E-state index in [1.54, 1.807) is 4.57 Å². The van der Waals surface area contributed by atoms with E-state index in [1.807, 2.05) is 39.1 Å². The minimum atomic E-state index is -0.533. The maximum Gasteiger partial charge on any atom is 0.419 e. The van der Waals surface area contributed by atoms with Crippen LogP contribution in [0, 0.1) is 0 Å². The molecule has 1 unspecified atom stereocenters. The van der Waals surface area contributed by atoms with E-state index >= 15 is 0 Å². The molecule has 1 aliphatic rings. The molecular formula is C20H28N2O3. The second-order valence-electron chi connectivity index (χ2n) is 8.05. The zero-order chi connectivity index (χ0) is 18.2. The standard InChI is InChI=1S/C20H28N2O3/c1-13(2)14-12-22(19(23)25-20(3,4)5)16-10-9-15(21-18(14)16)17-8-6-7-11-24-17/h9-10,12-13,17H,6-8,11H2,1-5H3. The SMILES string of the molecule is CC(C)c1cn(C(=O)OC(C)(C)C)c2ccc(C3CCCCO3)nc12. The van der Waals surface area contributed by atoms with Crippen LogP contribution in [0.4, 0.5) is 4.79 Å². The Balaban J connectivity index is 2.03. The highest BCUT2D eigenvalue weighted by atomic mass is 16.6. The predicted octanol–water partition coefficient (Wildman–Crippen LogP) is 5.18. The molecule has 1 saturated heterocycles. The fraction of sp³-hybridized carbons (Fsp3) is 0.600. The quantitative estimate of drug-likeness (QED) is 0.753. The van der Waals surface area contributed by atoms with Gasteiger partial charge in [0.1, 0.15) is 5.60 Å². The zero-order valence-electron chi connectivity index (χ0n) is 15.8. The highest BCUT2D eigenvalue weighted by molar-refractivity contribution is 5.90. The molecule has 1 fully saturated rings. The fourth-order valence-corrected chi connectivity index (χ4v) is 3.18. The molecule has 5 heteroatoms. The van der Waals surface area contributed by atoms with Crippen molar-refractivity contribution >= 4 is 17.1 Å². The molecule has 3 rings (SSSR count). The Bertz CT molecular complexity index is 765. The van der Waals surface area contributed by atoms with E-state index in [1.165, 1.54) is 6.42 Å². The second kappa shape index (κ2) is 6.79. The van der Waals surface area contributed by atoms with Gasteiger partial charge in [0, 0.05) is 12.8 Å². The second-order valence-corrected chi connectivity index (χ2v) is 8.05. The van der Waals surface area contributed by atoms with Gasteiger partial charge < -0.3 is 9.47 Å². The largest absolute Gasteiger partial charge is 0.443 e. The molecule has 1 aliphatic heterocycles. The van der Waals surface area contributed by atoms with Gasteiger partial charge in [-0.1, -0.05) is 13.8 Å². The number of pyridine rings is 1. The van der Waals surface area contributed by atoms with Gasteiger partial charge in [-0.2, -0.15) is 0 Å². The van der Waals surface area contributed by atoms with Crippen molar-refractivity contribution in [2.45, 2.75) is 71.5 Å². The topological polar surface area (TPSA) is 53.4 Å². The van der Waals surface area contributed by atoms with Crippen LogP contribution in [0.25, 0.3) is 11.0 Å². The molecule has 0 spiro atoms. The first-order valence-electron chi connectivity index (χ1n) is 9.13. The Morgan fingerprint density at radius 1 is 1.32 bits per heavy atom. The molecule has 3 heterocycles. The molecule has 2 aromatic heterocycles. The van der Waals surface area contributed by atoms with Gasteiger partial charge in [0.15, 0.2) is 0 Å². The van der Waals surface area contributed by atoms with E-state index in [2.05, 4.69) is 13.8 Å². The van der Waals surface area contributed by atoms with Crippen LogP contribution < -0.4 is 0 Å². The molecule has 0 aliphatic carbocycles. The molecule has 0 N–H and O–H groups in total. The fourth-order valence-electron chi connectivity index (χ4n) is 3.18. The summed E-state index contributed by atoms with van der Waals surface area (Å²) in [4.78, 5) is 17.5. The Kier molecular flexibility index (Phi) is 4.87. The average molecular weight is 344 g/mol. The van der Waals surface area contributed by atoms with Crippen LogP contribution in [0.5, 0.6) is 0 Å². The highest BCUT2D eigenvalue weighted by Crippen LogP contribution is 2.31. The summed E-state index contributed by atoms with van der Waals surface area (Å²) >= 11 is 0. The third-order valence-corrected chi connectivity index (χ3v) is 4.42. The molecule has 0 amide bonds.